The van der Waals surface area contributed by atoms with Crippen LogP contribution in [0.3, 0.4) is 0 Å². The summed E-state index contributed by atoms with van der Waals surface area (Å²) in [7, 11) is 0. The van der Waals surface area contributed by atoms with Crippen LogP contribution in [0.15, 0.2) is 48.5 Å². The first-order chi connectivity index (χ1) is 10.3. The van der Waals surface area contributed by atoms with Crippen LogP contribution in [0.5, 0.6) is 5.75 Å². The van der Waals surface area contributed by atoms with Crippen molar-refractivity contribution < 1.29 is 4.74 Å². The lowest BCUT2D eigenvalue weighted by Gasteiger charge is -2.30. The van der Waals surface area contributed by atoms with Gasteiger partial charge >= 0.3 is 0 Å². The Bertz CT molecular complexity index is 614. The SMILES string of the molecule is NCC1(CC2Cc3ccccc3O2)Cc2ccccc2C1. The number of nitrogens with two attached hydrogens (primary N) is 1. The van der Waals surface area contributed by atoms with Crippen LogP contribution >= 0.6 is 0 Å². The van der Waals surface area contributed by atoms with Gasteiger partial charge in [0, 0.05) is 6.42 Å². The minimum Gasteiger partial charge on any atom is -0.490 e. The summed E-state index contributed by atoms with van der Waals surface area (Å²) >= 11 is 0. The van der Waals surface area contributed by atoms with Crippen molar-refractivity contribution in [1.82, 2.24) is 0 Å². The highest BCUT2D eigenvalue weighted by molar-refractivity contribution is 5.38. The van der Waals surface area contributed by atoms with E-state index in [-0.39, 0.29) is 11.5 Å². The zero-order valence-electron chi connectivity index (χ0n) is 12.2. The molecule has 2 heteroatoms. The Morgan fingerprint density at radius 1 is 0.952 bits per heavy atom. The van der Waals surface area contributed by atoms with E-state index in [2.05, 4.69) is 42.5 Å². The third-order valence-electron chi connectivity index (χ3n) is 5.06. The maximum atomic E-state index is 6.18. The number of hydrogen-bond acceptors (Lipinski definition) is 2. The van der Waals surface area contributed by atoms with Crippen LogP contribution in [0.25, 0.3) is 0 Å². The smallest absolute Gasteiger partial charge is 0.123 e. The average Bonchev–Trinajstić information content (AvgIpc) is 3.07. The Hall–Kier alpha value is -1.80. The molecule has 0 saturated carbocycles. The van der Waals surface area contributed by atoms with E-state index in [1.807, 2.05) is 6.07 Å². The molecule has 2 aromatic rings. The highest BCUT2D eigenvalue weighted by Gasteiger charge is 2.39. The summed E-state index contributed by atoms with van der Waals surface area (Å²) in [5.41, 5.74) is 10.6. The van der Waals surface area contributed by atoms with Crippen LogP contribution in [0, 0.1) is 5.41 Å². The molecule has 1 aliphatic heterocycles. The topological polar surface area (TPSA) is 35.2 Å². The lowest BCUT2D eigenvalue weighted by molar-refractivity contribution is 0.144. The first kappa shape index (κ1) is 12.9. The first-order valence-electron chi connectivity index (χ1n) is 7.79. The third kappa shape index (κ3) is 2.24. The predicted molar refractivity (Wildman–Crippen MR) is 84.5 cm³/mol. The lowest BCUT2D eigenvalue weighted by Crippen LogP contribution is -2.36. The van der Waals surface area contributed by atoms with Gasteiger partial charge in [0.15, 0.2) is 0 Å². The molecule has 2 aliphatic rings. The molecule has 21 heavy (non-hydrogen) atoms. The molecule has 0 spiro atoms. The van der Waals surface area contributed by atoms with Crippen LogP contribution in [-0.4, -0.2) is 12.6 Å². The number of rotatable bonds is 3. The Morgan fingerprint density at radius 2 is 1.57 bits per heavy atom. The van der Waals surface area contributed by atoms with Crippen molar-refractivity contribution in [2.24, 2.45) is 11.1 Å². The Morgan fingerprint density at radius 3 is 2.19 bits per heavy atom. The zero-order valence-corrected chi connectivity index (χ0v) is 12.2. The van der Waals surface area contributed by atoms with Gasteiger partial charge in [-0.15, -0.1) is 0 Å². The van der Waals surface area contributed by atoms with Crippen molar-refractivity contribution in [2.75, 3.05) is 6.54 Å². The molecule has 1 heterocycles. The number of benzene rings is 2. The number of hydrogen-bond donors (Lipinski definition) is 1. The number of fused-ring (bicyclic) bond motifs is 2. The number of para-hydroxylation sites is 1. The minimum atomic E-state index is 0.177. The van der Waals surface area contributed by atoms with E-state index in [4.69, 9.17) is 10.5 Å². The molecule has 108 valence electrons. The van der Waals surface area contributed by atoms with Crippen LogP contribution in [0.2, 0.25) is 0 Å². The highest BCUT2D eigenvalue weighted by Crippen LogP contribution is 2.42. The van der Waals surface area contributed by atoms with Crippen LogP contribution < -0.4 is 10.5 Å². The van der Waals surface area contributed by atoms with E-state index in [0.29, 0.717) is 0 Å². The van der Waals surface area contributed by atoms with Gasteiger partial charge in [0.1, 0.15) is 11.9 Å². The molecule has 0 radical (unpaired) electrons. The van der Waals surface area contributed by atoms with E-state index in [0.717, 1.165) is 38.0 Å². The minimum absolute atomic E-state index is 0.177. The summed E-state index contributed by atoms with van der Waals surface area (Å²) in [5, 5.41) is 0. The molecule has 0 bridgehead atoms. The Kier molecular flexibility index (Phi) is 3.00. The quantitative estimate of drug-likeness (QED) is 0.937. The predicted octanol–water partition coefficient (Wildman–Crippen LogP) is 3.12. The molecule has 2 nitrogen and oxygen atoms in total. The molecule has 2 aromatic carbocycles. The molecule has 1 aliphatic carbocycles. The molecule has 0 fully saturated rings. The van der Waals surface area contributed by atoms with Crippen molar-refractivity contribution >= 4 is 0 Å². The monoisotopic (exact) mass is 279 g/mol. The third-order valence-corrected chi connectivity index (χ3v) is 5.06. The van der Waals surface area contributed by atoms with Crippen molar-refractivity contribution in [3.8, 4) is 5.75 Å². The molecule has 1 atom stereocenters. The van der Waals surface area contributed by atoms with Crippen molar-refractivity contribution in [1.29, 1.82) is 0 Å². The largest absolute Gasteiger partial charge is 0.490 e. The van der Waals surface area contributed by atoms with Crippen LogP contribution in [0.1, 0.15) is 23.1 Å². The molecular formula is C19H21NO. The van der Waals surface area contributed by atoms with E-state index < -0.39 is 0 Å². The van der Waals surface area contributed by atoms with Gasteiger partial charge in [-0.1, -0.05) is 42.5 Å². The van der Waals surface area contributed by atoms with E-state index in [1.54, 1.807) is 0 Å². The molecule has 2 N–H and O–H groups in total. The van der Waals surface area contributed by atoms with E-state index >= 15 is 0 Å². The van der Waals surface area contributed by atoms with Gasteiger partial charge in [0.25, 0.3) is 0 Å². The van der Waals surface area contributed by atoms with Gasteiger partial charge in [0.05, 0.1) is 0 Å². The fourth-order valence-corrected chi connectivity index (χ4v) is 4.00. The van der Waals surface area contributed by atoms with Crippen molar-refractivity contribution in [2.45, 2.75) is 31.8 Å². The summed E-state index contributed by atoms with van der Waals surface area (Å²) in [6.07, 6.45) is 4.53. The first-order valence-corrected chi connectivity index (χ1v) is 7.79. The molecule has 1 unspecified atom stereocenters. The lowest BCUT2D eigenvalue weighted by atomic mass is 9.79. The molecular weight excluding hydrogens is 258 g/mol. The maximum Gasteiger partial charge on any atom is 0.123 e. The van der Waals surface area contributed by atoms with Crippen molar-refractivity contribution in [3.63, 3.8) is 0 Å². The van der Waals surface area contributed by atoms with Gasteiger partial charge < -0.3 is 10.5 Å². The molecule has 4 rings (SSSR count). The summed E-state index contributed by atoms with van der Waals surface area (Å²) in [4.78, 5) is 0. The normalized spacial score (nSPS) is 21.7. The van der Waals surface area contributed by atoms with Gasteiger partial charge in [-0.3, -0.25) is 0 Å². The fourth-order valence-electron chi connectivity index (χ4n) is 4.00. The van der Waals surface area contributed by atoms with Gasteiger partial charge in [0.2, 0.25) is 0 Å². The Labute approximate surface area is 125 Å². The molecule has 0 saturated heterocycles. The zero-order chi connectivity index (χ0) is 14.3. The van der Waals surface area contributed by atoms with Crippen molar-refractivity contribution in [3.05, 3.63) is 65.2 Å². The molecule has 0 amide bonds. The summed E-state index contributed by atoms with van der Waals surface area (Å²) < 4.78 is 6.14. The average molecular weight is 279 g/mol. The summed E-state index contributed by atoms with van der Waals surface area (Å²) in [6, 6.07) is 17.1. The Balaban J connectivity index is 1.52. The van der Waals surface area contributed by atoms with Gasteiger partial charge in [-0.25, -0.2) is 0 Å². The van der Waals surface area contributed by atoms with E-state index in [9.17, 15) is 0 Å². The highest BCUT2D eigenvalue weighted by atomic mass is 16.5. The van der Waals surface area contributed by atoms with E-state index in [1.165, 1.54) is 16.7 Å². The molecule has 0 aromatic heterocycles. The van der Waals surface area contributed by atoms with Crippen LogP contribution in [0.4, 0.5) is 0 Å². The summed E-state index contributed by atoms with van der Waals surface area (Å²) in [5.74, 6) is 1.06. The van der Waals surface area contributed by atoms with Crippen LogP contribution in [-0.2, 0) is 19.3 Å². The van der Waals surface area contributed by atoms with Gasteiger partial charge in [-0.2, -0.15) is 0 Å². The summed E-state index contributed by atoms with van der Waals surface area (Å²) in [6.45, 7) is 0.734. The maximum absolute atomic E-state index is 6.18. The second kappa shape index (κ2) is 4.88. The second-order valence-corrected chi connectivity index (χ2v) is 6.58. The van der Waals surface area contributed by atoms with Gasteiger partial charge in [-0.05, 0) is 54.0 Å². The standard InChI is InChI=1S/C19H21NO/c20-13-19(10-15-6-1-2-7-16(15)11-19)12-17-9-14-5-3-4-8-18(14)21-17/h1-8,17H,9-13,20H2. The fraction of sp³-hybridized carbons (Fsp3) is 0.368. The number of ether oxygens (including phenoxy) is 1. The second-order valence-electron chi connectivity index (χ2n) is 6.58.